The number of nitrogens with one attached hydrogen (secondary N) is 1. The van der Waals surface area contributed by atoms with E-state index in [1.807, 2.05) is 0 Å². The van der Waals surface area contributed by atoms with Gasteiger partial charge in [-0.1, -0.05) is 31.4 Å². The van der Waals surface area contributed by atoms with E-state index in [-0.39, 0.29) is 17.0 Å². The summed E-state index contributed by atoms with van der Waals surface area (Å²) in [7, 11) is 0. The molecule has 0 saturated heterocycles. The number of hydrogen-bond donors (Lipinski definition) is 2. The molecule has 1 amide bonds. The van der Waals surface area contributed by atoms with E-state index in [2.05, 4.69) is 5.32 Å². The third kappa shape index (κ3) is 3.32. The average Bonchev–Trinajstić information content (AvgIpc) is 2.40. The Kier molecular flexibility index (Phi) is 4.20. The van der Waals surface area contributed by atoms with Crippen LogP contribution >= 0.6 is 0 Å². The molecule has 0 radical (unpaired) electrons. The molecular formula is C15H21FN2O. The number of nitrogens with two attached hydrogens (primary N) is 1. The summed E-state index contributed by atoms with van der Waals surface area (Å²) in [6.07, 6.45) is 5.25. The monoisotopic (exact) mass is 264 g/mol. The van der Waals surface area contributed by atoms with Crippen molar-refractivity contribution in [2.45, 2.75) is 44.6 Å². The largest absolute Gasteiger partial charge is 0.350 e. The lowest BCUT2D eigenvalue weighted by Crippen LogP contribution is -2.51. The Bertz CT molecular complexity index is 467. The van der Waals surface area contributed by atoms with Gasteiger partial charge in [-0.15, -0.1) is 0 Å². The van der Waals surface area contributed by atoms with Crippen molar-refractivity contribution in [3.8, 4) is 0 Å². The molecule has 3 N–H and O–H groups in total. The van der Waals surface area contributed by atoms with Gasteiger partial charge in [0.05, 0.1) is 5.56 Å². The Morgan fingerprint density at radius 1 is 1.37 bits per heavy atom. The molecular weight excluding hydrogens is 243 g/mol. The fourth-order valence-corrected chi connectivity index (χ4v) is 2.61. The highest BCUT2D eigenvalue weighted by Crippen LogP contribution is 2.25. The zero-order valence-electron chi connectivity index (χ0n) is 11.3. The number of aryl methyl sites for hydroxylation is 1. The number of amides is 1. The molecule has 1 aromatic rings. The Morgan fingerprint density at radius 2 is 2.05 bits per heavy atom. The van der Waals surface area contributed by atoms with E-state index >= 15 is 0 Å². The minimum atomic E-state index is -0.449. The Hall–Kier alpha value is -1.42. The number of carbonyl (C=O) groups is 1. The molecule has 4 heteroatoms. The van der Waals surface area contributed by atoms with Crippen LogP contribution in [0.4, 0.5) is 4.39 Å². The van der Waals surface area contributed by atoms with Crippen LogP contribution in [0, 0.1) is 12.7 Å². The number of hydrogen-bond acceptors (Lipinski definition) is 2. The first kappa shape index (κ1) is 14.0. The molecule has 1 aliphatic carbocycles. The van der Waals surface area contributed by atoms with Crippen LogP contribution < -0.4 is 11.1 Å². The lowest BCUT2D eigenvalue weighted by atomic mass is 9.82. The van der Waals surface area contributed by atoms with Gasteiger partial charge in [-0.25, -0.2) is 4.39 Å². The van der Waals surface area contributed by atoms with Crippen LogP contribution in [0.15, 0.2) is 18.2 Å². The Balaban J connectivity index is 1.99. The molecule has 2 rings (SSSR count). The van der Waals surface area contributed by atoms with Gasteiger partial charge in [0.2, 0.25) is 0 Å². The second-order valence-corrected chi connectivity index (χ2v) is 5.54. The lowest BCUT2D eigenvalue weighted by molar-refractivity contribution is 0.0933. The van der Waals surface area contributed by atoms with Gasteiger partial charge in [0.15, 0.2) is 0 Å². The minimum Gasteiger partial charge on any atom is -0.350 e. The second kappa shape index (κ2) is 5.70. The van der Waals surface area contributed by atoms with E-state index in [9.17, 15) is 9.18 Å². The summed E-state index contributed by atoms with van der Waals surface area (Å²) in [6.45, 7) is 2.07. The first-order valence-electron chi connectivity index (χ1n) is 6.84. The van der Waals surface area contributed by atoms with Gasteiger partial charge in [-0.2, -0.15) is 0 Å². The van der Waals surface area contributed by atoms with Gasteiger partial charge in [-0.05, 0) is 31.4 Å². The molecule has 0 aliphatic heterocycles. The maximum absolute atomic E-state index is 13.8. The number of rotatable bonds is 3. The summed E-state index contributed by atoms with van der Waals surface area (Å²) in [5.41, 5.74) is 6.50. The maximum Gasteiger partial charge on any atom is 0.254 e. The van der Waals surface area contributed by atoms with Crippen molar-refractivity contribution in [3.63, 3.8) is 0 Å². The van der Waals surface area contributed by atoms with Crippen LogP contribution in [-0.4, -0.2) is 18.0 Å². The van der Waals surface area contributed by atoms with Gasteiger partial charge < -0.3 is 11.1 Å². The van der Waals surface area contributed by atoms with Crippen LogP contribution in [0.3, 0.4) is 0 Å². The lowest BCUT2D eigenvalue weighted by Gasteiger charge is -2.33. The van der Waals surface area contributed by atoms with E-state index in [1.54, 1.807) is 19.1 Å². The van der Waals surface area contributed by atoms with Crippen LogP contribution in [0.2, 0.25) is 0 Å². The van der Waals surface area contributed by atoms with Crippen molar-refractivity contribution in [3.05, 3.63) is 35.1 Å². The van der Waals surface area contributed by atoms with Crippen molar-refractivity contribution in [1.82, 2.24) is 5.32 Å². The minimum absolute atomic E-state index is 0.0967. The number of carbonyl (C=O) groups excluding carboxylic acids is 1. The SMILES string of the molecule is Cc1cccc(C(=O)NCC2(N)CCCCC2)c1F. The van der Waals surface area contributed by atoms with E-state index in [0.29, 0.717) is 12.1 Å². The molecule has 1 aromatic carbocycles. The smallest absolute Gasteiger partial charge is 0.254 e. The summed E-state index contributed by atoms with van der Waals surface area (Å²) in [4.78, 5) is 12.0. The van der Waals surface area contributed by atoms with Gasteiger partial charge in [-0.3, -0.25) is 4.79 Å². The predicted molar refractivity (Wildman–Crippen MR) is 73.5 cm³/mol. The molecule has 1 fully saturated rings. The van der Waals surface area contributed by atoms with E-state index in [4.69, 9.17) is 5.73 Å². The van der Waals surface area contributed by atoms with E-state index in [0.717, 1.165) is 25.7 Å². The fraction of sp³-hybridized carbons (Fsp3) is 0.533. The Labute approximate surface area is 113 Å². The molecule has 1 aliphatic rings. The predicted octanol–water partition coefficient (Wildman–Crippen LogP) is 2.53. The topological polar surface area (TPSA) is 55.1 Å². The van der Waals surface area contributed by atoms with Crippen LogP contribution in [0.1, 0.15) is 48.0 Å². The van der Waals surface area contributed by atoms with Gasteiger partial charge >= 0.3 is 0 Å². The summed E-state index contributed by atoms with van der Waals surface area (Å²) in [5.74, 6) is -0.827. The number of halogens is 1. The standard InChI is InChI=1S/C15H21FN2O/c1-11-6-5-7-12(13(11)16)14(19)18-10-15(17)8-3-2-4-9-15/h5-7H,2-4,8-10,17H2,1H3,(H,18,19). The average molecular weight is 264 g/mol. The third-order valence-corrected chi connectivity index (χ3v) is 3.89. The van der Waals surface area contributed by atoms with E-state index in [1.165, 1.54) is 12.5 Å². The normalized spacial score (nSPS) is 18.1. The van der Waals surface area contributed by atoms with Gasteiger partial charge in [0.25, 0.3) is 5.91 Å². The molecule has 0 heterocycles. The number of benzene rings is 1. The summed E-state index contributed by atoms with van der Waals surface area (Å²) >= 11 is 0. The van der Waals surface area contributed by atoms with Crippen molar-refractivity contribution in [2.75, 3.05) is 6.54 Å². The van der Waals surface area contributed by atoms with Crippen molar-refractivity contribution < 1.29 is 9.18 Å². The first-order chi connectivity index (χ1) is 9.02. The van der Waals surface area contributed by atoms with Crippen molar-refractivity contribution in [2.24, 2.45) is 5.73 Å². The zero-order valence-corrected chi connectivity index (χ0v) is 11.3. The van der Waals surface area contributed by atoms with E-state index < -0.39 is 5.82 Å². The fourth-order valence-electron chi connectivity index (χ4n) is 2.61. The molecule has 104 valence electrons. The van der Waals surface area contributed by atoms with Gasteiger partial charge in [0, 0.05) is 12.1 Å². The first-order valence-corrected chi connectivity index (χ1v) is 6.84. The highest BCUT2D eigenvalue weighted by atomic mass is 19.1. The van der Waals surface area contributed by atoms with Crippen LogP contribution in [-0.2, 0) is 0 Å². The highest BCUT2D eigenvalue weighted by molar-refractivity contribution is 5.94. The van der Waals surface area contributed by atoms with Crippen LogP contribution in [0.5, 0.6) is 0 Å². The Morgan fingerprint density at radius 3 is 2.74 bits per heavy atom. The van der Waals surface area contributed by atoms with Crippen molar-refractivity contribution in [1.29, 1.82) is 0 Å². The summed E-state index contributed by atoms with van der Waals surface area (Å²) < 4.78 is 13.8. The molecule has 0 unspecified atom stereocenters. The summed E-state index contributed by atoms with van der Waals surface area (Å²) in [6, 6.07) is 4.84. The summed E-state index contributed by atoms with van der Waals surface area (Å²) in [5, 5.41) is 2.77. The zero-order chi connectivity index (χ0) is 13.9. The van der Waals surface area contributed by atoms with Crippen molar-refractivity contribution >= 4 is 5.91 Å². The highest BCUT2D eigenvalue weighted by Gasteiger charge is 2.28. The maximum atomic E-state index is 13.8. The molecule has 0 bridgehead atoms. The van der Waals surface area contributed by atoms with Crippen LogP contribution in [0.25, 0.3) is 0 Å². The molecule has 0 atom stereocenters. The third-order valence-electron chi connectivity index (χ3n) is 3.89. The molecule has 0 spiro atoms. The molecule has 3 nitrogen and oxygen atoms in total. The molecule has 0 aromatic heterocycles. The second-order valence-electron chi connectivity index (χ2n) is 5.54. The quantitative estimate of drug-likeness (QED) is 0.881. The molecule has 1 saturated carbocycles. The molecule has 19 heavy (non-hydrogen) atoms. The van der Waals surface area contributed by atoms with Gasteiger partial charge in [0.1, 0.15) is 5.82 Å².